The van der Waals surface area contributed by atoms with Crippen molar-refractivity contribution in [3.63, 3.8) is 0 Å². The number of benzene rings is 2. The van der Waals surface area contributed by atoms with Crippen molar-refractivity contribution in [1.82, 2.24) is 4.90 Å². The number of hydrogen-bond acceptors (Lipinski definition) is 6. The Balaban J connectivity index is 1.72. The van der Waals surface area contributed by atoms with E-state index in [1.54, 1.807) is 6.07 Å². The van der Waals surface area contributed by atoms with Gasteiger partial charge < -0.3 is 13.8 Å². The monoisotopic (exact) mass is 471 g/mol. The third kappa shape index (κ3) is 6.46. The minimum absolute atomic E-state index is 0.0791. The highest BCUT2D eigenvalue weighted by Gasteiger charge is 2.32. The number of likely N-dealkylation sites (tertiary alicyclic amines) is 1. The van der Waals surface area contributed by atoms with E-state index in [2.05, 4.69) is 16.6 Å². The maximum Gasteiger partial charge on any atom is 0.573 e. The van der Waals surface area contributed by atoms with Crippen molar-refractivity contribution >= 4 is 15.9 Å². The van der Waals surface area contributed by atoms with Crippen LogP contribution >= 0.6 is 0 Å². The van der Waals surface area contributed by atoms with E-state index < -0.39 is 27.1 Å². The Labute approximate surface area is 185 Å². The second-order valence-electron chi connectivity index (χ2n) is 7.57. The van der Waals surface area contributed by atoms with Crippen LogP contribution in [-0.4, -0.2) is 45.1 Å². The van der Waals surface area contributed by atoms with Crippen LogP contribution in [0.2, 0.25) is 0 Å². The number of rotatable bonds is 8. The van der Waals surface area contributed by atoms with Crippen LogP contribution in [0.1, 0.15) is 36.5 Å². The van der Waals surface area contributed by atoms with Crippen LogP contribution in [0.25, 0.3) is 0 Å². The van der Waals surface area contributed by atoms with Gasteiger partial charge in [0.1, 0.15) is 16.4 Å². The Morgan fingerprint density at radius 2 is 1.72 bits per heavy atom. The van der Waals surface area contributed by atoms with Gasteiger partial charge >= 0.3 is 16.5 Å². The fourth-order valence-corrected chi connectivity index (χ4v) is 4.63. The number of alkyl halides is 3. The van der Waals surface area contributed by atoms with E-state index in [1.807, 2.05) is 0 Å². The van der Waals surface area contributed by atoms with E-state index >= 15 is 0 Å². The molecule has 10 heteroatoms. The first-order valence-corrected chi connectivity index (χ1v) is 11.6. The molecule has 0 aromatic heterocycles. The quantitative estimate of drug-likeness (QED) is 0.412. The van der Waals surface area contributed by atoms with Gasteiger partial charge in [0.25, 0.3) is 0 Å². The van der Waals surface area contributed by atoms with E-state index in [0.29, 0.717) is 5.56 Å². The normalized spacial score (nSPS) is 16.0. The molecule has 1 fully saturated rings. The highest BCUT2D eigenvalue weighted by atomic mass is 32.2. The van der Waals surface area contributed by atoms with Crippen LogP contribution in [0, 0.1) is 5.92 Å². The second kappa shape index (κ2) is 9.91. The van der Waals surface area contributed by atoms with Crippen molar-refractivity contribution in [3.05, 3.63) is 54.1 Å². The number of piperidine rings is 1. The Bertz CT molecular complexity index is 1050. The van der Waals surface area contributed by atoms with Crippen LogP contribution in [0.15, 0.2) is 53.4 Å². The predicted octanol–water partition coefficient (Wildman–Crippen LogP) is 4.66. The molecule has 1 aliphatic rings. The largest absolute Gasteiger partial charge is 0.573 e. The lowest BCUT2D eigenvalue weighted by molar-refractivity contribution is -0.274. The molecule has 2 aromatic carbocycles. The van der Waals surface area contributed by atoms with Gasteiger partial charge in [0.05, 0.1) is 0 Å². The molecular formula is C22H24F3NO5S. The molecule has 0 radical (unpaired) electrons. The molecule has 0 saturated carbocycles. The smallest absolute Gasteiger partial charge is 0.406 e. The van der Waals surface area contributed by atoms with Crippen molar-refractivity contribution in [2.75, 3.05) is 19.6 Å². The summed E-state index contributed by atoms with van der Waals surface area (Å²) in [7, 11) is -4.44. The molecule has 174 valence electrons. The molecule has 1 aliphatic heterocycles. The Morgan fingerprint density at radius 3 is 2.38 bits per heavy atom. The Morgan fingerprint density at radius 1 is 1.06 bits per heavy atom. The molecule has 3 rings (SSSR count). The zero-order valence-corrected chi connectivity index (χ0v) is 18.3. The van der Waals surface area contributed by atoms with Crippen LogP contribution in [-0.2, 0) is 10.1 Å². The number of halogens is 3. The van der Waals surface area contributed by atoms with Gasteiger partial charge in [-0.1, -0.05) is 25.1 Å². The fraction of sp³-hybridized carbons (Fsp3) is 0.409. The van der Waals surface area contributed by atoms with Crippen molar-refractivity contribution in [2.24, 2.45) is 5.92 Å². The maximum absolute atomic E-state index is 12.9. The van der Waals surface area contributed by atoms with Crippen LogP contribution < -0.4 is 8.92 Å². The predicted molar refractivity (Wildman–Crippen MR) is 111 cm³/mol. The molecule has 32 heavy (non-hydrogen) atoms. The van der Waals surface area contributed by atoms with Gasteiger partial charge in [0.2, 0.25) is 0 Å². The highest BCUT2D eigenvalue weighted by molar-refractivity contribution is 7.87. The second-order valence-corrected chi connectivity index (χ2v) is 9.11. The lowest BCUT2D eigenvalue weighted by Gasteiger charge is -2.30. The number of Topliss-reactive ketones (excluding diaryl/α,β-unsaturated/α-hetero) is 1. The number of ketones is 1. The maximum atomic E-state index is 12.9. The first-order chi connectivity index (χ1) is 15.1. The standard InChI is InChI=1S/C22H24F3NO5S/c1-2-11-26-12-9-16(10-13-26)21(27)17-5-3-7-19(14-17)31-32(28,29)20-8-4-6-18(15-20)30-22(23,24)25/h3-8,14-16H,2,9-13H2,1H3. The van der Waals surface area contributed by atoms with E-state index in [4.69, 9.17) is 4.18 Å². The molecule has 1 heterocycles. The molecular weight excluding hydrogens is 447 g/mol. The highest BCUT2D eigenvalue weighted by Crippen LogP contribution is 2.28. The number of carbonyl (C=O) groups is 1. The van der Waals surface area contributed by atoms with Gasteiger partial charge in [-0.15, -0.1) is 13.2 Å². The third-order valence-electron chi connectivity index (χ3n) is 5.15. The number of ether oxygens (including phenoxy) is 1. The third-order valence-corrected chi connectivity index (χ3v) is 6.39. The van der Waals surface area contributed by atoms with Crippen molar-refractivity contribution in [3.8, 4) is 11.5 Å². The molecule has 0 aliphatic carbocycles. The van der Waals surface area contributed by atoms with Gasteiger partial charge in [-0.05, 0) is 63.2 Å². The Kier molecular flexibility index (Phi) is 7.45. The molecule has 0 amide bonds. The number of hydrogen-bond donors (Lipinski definition) is 0. The Hall–Kier alpha value is -2.59. The molecule has 0 atom stereocenters. The summed E-state index contributed by atoms with van der Waals surface area (Å²) in [5.74, 6) is -1.00. The fourth-order valence-electron chi connectivity index (χ4n) is 3.67. The van der Waals surface area contributed by atoms with Crippen molar-refractivity contribution < 1.29 is 35.3 Å². The van der Waals surface area contributed by atoms with Crippen LogP contribution in [0.4, 0.5) is 13.2 Å². The average molecular weight is 471 g/mol. The average Bonchev–Trinajstić information content (AvgIpc) is 2.73. The summed E-state index contributed by atoms with van der Waals surface area (Å²) in [5, 5.41) is 0. The van der Waals surface area contributed by atoms with Gasteiger partial charge in [-0.3, -0.25) is 4.79 Å². The summed E-state index contributed by atoms with van der Waals surface area (Å²) in [4.78, 5) is 14.7. The lowest BCUT2D eigenvalue weighted by atomic mass is 9.89. The summed E-state index contributed by atoms with van der Waals surface area (Å²) in [6, 6.07) is 9.73. The van der Waals surface area contributed by atoms with Gasteiger partial charge in [-0.25, -0.2) is 0 Å². The molecule has 0 bridgehead atoms. The first-order valence-electron chi connectivity index (χ1n) is 10.2. The molecule has 2 aromatic rings. The minimum atomic E-state index is -4.95. The summed E-state index contributed by atoms with van der Waals surface area (Å²) in [5.41, 5.74) is 0.334. The van der Waals surface area contributed by atoms with Crippen LogP contribution in [0.3, 0.4) is 0 Å². The van der Waals surface area contributed by atoms with Gasteiger partial charge in [0, 0.05) is 17.5 Å². The zero-order chi connectivity index (χ0) is 23.4. The molecule has 1 saturated heterocycles. The van der Waals surface area contributed by atoms with E-state index in [-0.39, 0.29) is 17.5 Å². The first kappa shape index (κ1) is 24.1. The van der Waals surface area contributed by atoms with E-state index in [9.17, 15) is 26.4 Å². The lowest BCUT2D eigenvalue weighted by Crippen LogP contribution is -2.36. The van der Waals surface area contributed by atoms with Crippen LogP contribution in [0.5, 0.6) is 11.5 Å². The topological polar surface area (TPSA) is 72.9 Å². The summed E-state index contributed by atoms with van der Waals surface area (Å²) in [6.07, 6.45) is -2.44. The number of nitrogens with zero attached hydrogens (tertiary/aromatic N) is 1. The van der Waals surface area contributed by atoms with Gasteiger partial charge in [-0.2, -0.15) is 8.42 Å². The SMILES string of the molecule is CCCN1CCC(C(=O)c2cccc(OS(=O)(=O)c3cccc(OC(F)(F)F)c3)c2)CC1. The van der Waals surface area contributed by atoms with Gasteiger partial charge in [0.15, 0.2) is 5.78 Å². The van der Waals surface area contributed by atoms with E-state index in [1.165, 1.54) is 18.2 Å². The summed E-state index contributed by atoms with van der Waals surface area (Å²) < 4.78 is 71.2. The van der Waals surface area contributed by atoms with Crippen molar-refractivity contribution in [2.45, 2.75) is 37.4 Å². The minimum Gasteiger partial charge on any atom is -0.406 e. The summed E-state index contributed by atoms with van der Waals surface area (Å²) >= 11 is 0. The number of carbonyl (C=O) groups excluding carboxylic acids is 1. The summed E-state index contributed by atoms with van der Waals surface area (Å²) in [6.45, 7) is 4.78. The van der Waals surface area contributed by atoms with Crippen molar-refractivity contribution in [1.29, 1.82) is 0 Å². The molecule has 0 N–H and O–H groups in total. The molecule has 6 nitrogen and oxygen atoms in total. The molecule has 0 unspecified atom stereocenters. The molecule has 0 spiro atoms. The zero-order valence-electron chi connectivity index (χ0n) is 17.5. The van der Waals surface area contributed by atoms with E-state index in [0.717, 1.165) is 63.2 Å².